The van der Waals surface area contributed by atoms with E-state index in [1.54, 1.807) is 11.8 Å². The summed E-state index contributed by atoms with van der Waals surface area (Å²) in [7, 11) is 0. The molecule has 0 fully saturated rings. The van der Waals surface area contributed by atoms with Crippen LogP contribution in [-0.4, -0.2) is 0 Å². The van der Waals surface area contributed by atoms with Gasteiger partial charge in [-0.3, -0.25) is 0 Å². The lowest BCUT2D eigenvalue weighted by Gasteiger charge is -2.07. The molecule has 2 aromatic carbocycles. The van der Waals surface area contributed by atoms with Crippen LogP contribution < -0.4 is 5.73 Å². The average Bonchev–Trinajstić information content (AvgIpc) is 2.30. The molecule has 3 heteroatoms. The first-order valence-electron chi connectivity index (χ1n) is 5.39. The number of aryl methyl sites for hydroxylation is 1. The molecule has 88 valence electrons. The second-order valence-electron chi connectivity index (χ2n) is 3.92. The quantitative estimate of drug-likeness (QED) is 0.651. The summed E-state index contributed by atoms with van der Waals surface area (Å²) >= 11 is 7.90. The van der Waals surface area contributed by atoms with Crippen LogP contribution in [0.25, 0.3) is 0 Å². The summed E-state index contributed by atoms with van der Waals surface area (Å²) in [5.74, 6) is 0.841. The second-order valence-corrected chi connectivity index (χ2v) is 5.35. The predicted molar refractivity (Wildman–Crippen MR) is 76.6 cm³/mol. The van der Waals surface area contributed by atoms with Gasteiger partial charge in [-0.05, 0) is 36.2 Å². The van der Waals surface area contributed by atoms with Crippen LogP contribution in [-0.2, 0) is 5.75 Å². The summed E-state index contributed by atoms with van der Waals surface area (Å²) in [6.45, 7) is 2.04. The Bertz CT molecular complexity index is 525. The van der Waals surface area contributed by atoms with Crippen molar-refractivity contribution in [2.75, 3.05) is 5.73 Å². The van der Waals surface area contributed by atoms with Gasteiger partial charge in [0, 0.05) is 21.4 Å². The number of benzene rings is 2. The molecule has 0 saturated carbocycles. The third kappa shape index (κ3) is 3.18. The molecule has 2 aromatic rings. The van der Waals surface area contributed by atoms with Crippen molar-refractivity contribution in [2.24, 2.45) is 0 Å². The van der Waals surface area contributed by atoms with E-state index in [1.807, 2.05) is 37.3 Å². The van der Waals surface area contributed by atoms with E-state index in [4.69, 9.17) is 17.3 Å². The largest absolute Gasteiger partial charge is 0.398 e. The lowest BCUT2D eigenvalue weighted by molar-refractivity contribution is 1.35. The van der Waals surface area contributed by atoms with Crippen LogP contribution in [0.3, 0.4) is 0 Å². The Morgan fingerprint density at radius 2 is 1.94 bits per heavy atom. The highest BCUT2D eigenvalue weighted by atomic mass is 35.5. The van der Waals surface area contributed by atoms with Crippen molar-refractivity contribution >= 4 is 29.1 Å². The topological polar surface area (TPSA) is 26.0 Å². The maximum Gasteiger partial charge on any atom is 0.0452 e. The van der Waals surface area contributed by atoms with Gasteiger partial charge in [-0.25, -0.2) is 0 Å². The van der Waals surface area contributed by atoms with Crippen LogP contribution in [0, 0.1) is 6.92 Å². The van der Waals surface area contributed by atoms with E-state index in [2.05, 4.69) is 12.1 Å². The number of para-hydroxylation sites is 1. The normalized spacial score (nSPS) is 10.5. The van der Waals surface area contributed by atoms with Gasteiger partial charge in [0.15, 0.2) is 0 Å². The summed E-state index contributed by atoms with van der Waals surface area (Å²) in [6, 6.07) is 14.0. The number of hydrogen-bond acceptors (Lipinski definition) is 2. The lowest BCUT2D eigenvalue weighted by Crippen LogP contribution is -1.89. The Morgan fingerprint density at radius 3 is 2.65 bits per heavy atom. The predicted octanol–water partition coefficient (Wildman–Crippen LogP) is 4.52. The van der Waals surface area contributed by atoms with Gasteiger partial charge in [-0.1, -0.05) is 35.9 Å². The first kappa shape index (κ1) is 12.3. The lowest BCUT2D eigenvalue weighted by atomic mass is 10.2. The number of thioether (sulfide) groups is 1. The highest BCUT2D eigenvalue weighted by molar-refractivity contribution is 7.98. The summed E-state index contributed by atoms with van der Waals surface area (Å²) in [5.41, 5.74) is 9.04. The first-order valence-corrected chi connectivity index (χ1v) is 6.75. The van der Waals surface area contributed by atoms with Crippen LogP contribution in [0.4, 0.5) is 5.69 Å². The second kappa shape index (κ2) is 5.48. The summed E-state index contributed by atoms with van der Waals surface area (Å²) in [4.78, 5) is 1.10. The van der Waals surface area contributed by atoms with E-state index >= 15 is 0 Å². The molecule has 0 atom stereocenters. The molecule has 2 rings (SSSR count). The molecule has 0 radical (unpaired) electrons. The van der Waals surface area contributed by atoms with Gasteiger partial charge >= 0.3 is 0 Å². The zero-order valence-corrected chi connectivity index (χ0v) is 11.2. The molecule has 0 spiro atoms. The van der Waals surface area contributed by atoms with Crippen LogP contribution in [0.15, 0.2) is 47.4 Å². The van der Waals surface area contributed by atoms with Crippen molar-refractivity contribution in [1.29, 1.82) is 0 Å². The van der Waals surface area contributed by atoms with Crippen LogP contribution in [0.5, 0.6) is 0 Å². The first-order chi connectivity index (χ1) is 8.16. The molecule has 0 aliphatic carbocycles. The minimum Gasteiger partial charge on any atom is -0.398 e. The molecule has 0 aliphatic rings. The Balaban J connectivity index is 2.10. The molecule has 0 heterocycles. The zero-order valence-electron chi connectivity index (χ0n) is 9.61. The molecule has 2 N–H and O–H groups in total. The summed E-state index contributed by atoms with van der Waals surface area (Å²) in [6.07, 6.45) is 0. The van der Waals surface area contributed by atoms with E-state index in [-0.39, 0.29) is 0 Å². The van der Waals surface area contributed by atoms with Crippen molar-refractivity contribution in [3.8, 4) is 0 Å². The highest BCUT2D eigenvalue weighted by Crippen LogP contribution is 2.30. The number of nitrogen functional groups attached to an aromatic ring is 1. The Hall–Kier alpha value is -1.12. The Kier molecular flexibility index (Phi) is 3.97. The fourth-order valence-corrected chi connectivity index (χ4v) is 2.89. The van der Waals surface area contributed by atoms with E-state index < -0.39 is 0 Å². The fraction of sp³-hybridized carbons (Fsp3) is 0.143. The van der Waals surface area contributed by atoms with Crippen LogP contribution >= 0.6 is 23.4 Å². The average molecular weight is 264 g/mol. The monoisotopic (exact) mass is 263 g/mol. The van der Waals surface area contributed by atoms with Crippen LogP contribution in [0.1, 0.15) is 11.1 Å². The van der Waals surface area contributed by atoms with Gasteiger partial charge in [0.05, 0.1) is 0 Å². The van der Waals surface area contributed by atoms with E-state index in [0.717, 1.165) is 26.9 Å². The van der Waals surface area contributed by atoms with Crippen LogP contribution in [0.2, 0.25) is 5.02 Å². The molecule has 0 unspecified atom stereocenters. The Labute approximate surface area is 111 Å². The number of halogens is 1. The van der Waals surface area contributed by atoms with E-state index in [9.17, 15) is 0 Å². The summed E-state index contributed by atoms with van der Waals surface area (Å²) in [5, 5.41) is 0.826. The molecule has 0 amide bonds. The SMILES string of the molecule is Cc1ccc(CSc2ccccc2N)c(Cl)c1. The molecule has 0 saturated heterocycles. The van der Waals surface area contributed by atoms with Gasteiger partial charge in [-0.15, -0.1) is 11.8 Å². The molecule has 1 nitrogen and oxygen atoms in total. The highest BCUT2D eigenvalue weighted by Gasteiger charge is 2.03. The van der Waals surface area contributed by atoms with Gasteiger partial charge in [-0.2, -0.15) is 0 Å². The van der Waals surface area contributed by atoms with Gasteiger partial charge in [0.2, 0.25) is 0 Å². The van der Waals surface area contributed by atoms with Crippen molar-refractivity contribution in [1.82, 2.24) is 0 Å². The Morgan fingerprint density at radius 1 is 1.18 bits per heavy atom. The molecule has 17 heavy (non-hydrogen) atoms. The molecule has 0 bridgehead atoms. The molecule has 0 aromatic heterocycles. The van der Waals surface area contributed by atoms with Gasteiger partial charge in [0.25, 0.3) is 0 Å². The number of nitrogens with two attached hydrogens (primary N) is 1. The zero-order chi connectivity index (χ0) is 12.3. The minimum absolute atomic E-state index is 0.820. The number of hydrogen-bond donors (Lipinski definition) is 1. The van der Waals surface area contributed by atoms with E-state index in [0.29, 0.717) is 0 Å². The van der Waals surface area contributed by atoms with Gasteiger partial charge < -0.3 is 5.73 Å². The van der Waals surface area contributed by atoms with Crippen molar-refractivity contribution in [3.63, 3.8) is 0 Å². The minimum atomic E-state index is 0.820. The molecular formula is C14H14ClNS. The maximum absolute atomic E-state index is 6.19. The third-order valence-corrected chi connectivity index (χ3v) is 4.00. The third-order valence-electron chi connectivity index (χ3n) is 2.51. The number of anilines is 1. The molecule has 0 aliphatic heterocycles. The van der Waals surface area contributed by atoms with Gasteiger partial charge in [0.1, 0.15) is 0 Å². The maximum atomic E-state index is 6.19. The van der Waals surface area contributed by atoms with Crippen molar-refractivity contribution < 1.29 is 0 Å². The van der Waals surface area contributed by atoms with Crippen molar-refractivity contribution in [3.05, 3.63) is 58.6 Å². The summed E-state index contributed by atoms with van der Waals surface area (Å²) < 4.78 is 0. The molecular weight excluding hydrogens is 250 g/mol. The van der Waals surface area contributed by atoms with E-state index in [1.165, 1.54) is 5.56 Å². The standard InChI is InChI=1S/C14H14ClNS/c1-10-6-7-11(12(15)8-10)9-17-14-5-3-2-4-13(14)16/h2-8H,9,16H2,1H3. The number of rotatable bonds is 3. The smallest absolute Gasteiger partial charge is 0.0452 e. The van der Waals surface area contributed by atoms with Crippen molar-refractivity contribution in [2.45, 2.75) is 17.6 Å². The fourth-order valence-electron chi connectivity index (χ4n) is 1.54.